The highest BCUT2D eigenvalue weighted by atomic mass is 32.2. The topological polar surface area (TPSA) is 96.0 Å². The summed E-state index contributed by atoms with van der Waals surface area (Å²) in [7, 11) is -4.33. The number of ether oxygens (including phenoxy) is 1. The van der Waals surface area contributed by atoms with Gasteiger partial charge in [0.1, 0.15) is 24.2 Å². The Bertz CT molecular complexity index is 1620. The minimum absolute atomic E-state index is 0.0714. The Morgan fingerprint density at radius 2 is 1.41 bits per heavy atom. The Labute approximate surface area is 258 Å². The maximum atomic E-state index is 14.3. The second-order valence-electron chi connectivity index (χ2n) is 10.00. The number of rotatable bonds is 14. The number of anilines is 1. The van der Waals surface area contributed by atoms with Crippen LogP contribution >= 0.6 is 0 Å². The molecule has 0 saturated carbocycles. The lowest BCUT2D eigenvalue weighted by Gasteiger charge is -2.33. The number of sulfonamides is 1. The van der Waals surface area contributed by atoms with Crippen LogP contribution in [-0.4, -0.2) is 50.9 Å². The highest BCUT2D eigenvalue weighted by molar-refractivity contribution is 7.92. The van der Waals surface area contributed by atoms with Gasteiger partial charge >= 0.3 is 0 Å². The Morgan fingerprint density at radius 1 is 0.818 bits per heavy atom. The van der Waals surface area contributed by atoms with E-state index in [1.54, 1.807) is 31.2 Å². The van der Waals surface area contributed by atoms with Crippen molar-refractivity contribution in [2.75, 3.05) is 24.0 Å². The van der Waals surface area contributed by atoms with E-state index in [0.29, 0.717) is 18.9 Å². The lowest BCUT2D eigenvalue weighted by atomic mass is 10.0. The fourth-order valence-corrected chi connectivity index (χ4v) is 6.18. The Balaban J connectivity index is 1.78. The van der Waals surface area contributed by atoms with Gasteiger partial charge in [-0.25, -0.2) is 12.8 Å². The molecule has 8 nitrogen and oxygen atoms in total. The normalized spacial score (nSPS) is 11.8. The molecule has 0 aromatic heterocycles. The summed E-state index contributed by atoms with van der Waals surface area (Å²) in [5, 5.41) is 2.84. The fraction of sp³-hybridized carbons (Fsp3) is 0.235. The van der Waals surface area contributed by atoms with Gasteiger partial charge in [0, 0.05) is 19.5 Å². The van der Waals surface area contributed by atoms with Crippen molar-refractivity contribution in [3.8, 4) is 5.75 Å². The quantitative estimate of drug-likeness (QED) is 0.210. The molecule has 44 heavy (non-hydrogen) atoms. The lowest BCUT2D eigenvalue weighted by Crippen LogP contribution is -2.53. The van der Waals surface area contributed by atoms with Gasteiger partial charge in [0.25, 0.3) is 10.0 Å². The summed E-state index contributed by atoms with van der Waals surface area (Å²) in [5.74, 6) is -0.991. The van der Waals surface area contributed by atoms with Crippen LogP contribution in [0.25, 0.3) is 0 Å². The van der Waals surface area contributed by atoms with Crippen LogP contribution in [0.4, 0.5) is 10.1 Å². The van der Waals surface area contributed by atoms with Crippen LogP contribution in [0, 0.1) is 5.82 Å². The van der Waals surface area contributed by atoms with Gasteiger partial charge in [-0.1, -0.05) is 60.7 Å². The van der Waals surface area contributed by atoms with E-state index < -0.39 is 34.3 Å². The summed E-state index contributed by atoms with van der Waals surface area (Å²) >= 11 is 0. The molecule has 230 valence electrons. The first kappa shape index (κ1) is 32.2. The first-order valence-electron chi connectivity index (χ1n) is 14.4. The van der Waals surface area contributed by atoms with Crippen LogP contribution in [0.3, 0.4) is 0 Å². The van der Waals surface area contributed by atoms with E-state index in [1.807, 2.05) is 67.6 Å². The molecular weight excluding hydrogens is 581 g/mol. The van der Waals surface area contributed by atoms with E-state index in [9.17, 15) is 22.4 Å². The van der Waals surface area contributed by atoms with Crippen LogP contribution in [0.1, 0.15) is 25.0 Å². The van der Waals surface area contributed by atoms with Crippen molar-refractivity contribution in [2.45, 2.75) is 37.8 Å². The second kappa shape index (κ2) is 15.2. The molecule has 1 N–H and O–H groups in total. The maximum Gasteiger partial charge on any atom is 0.264 e. The molecule has 0 aliphatic rings. The molecule has 0 fully saturated rings. The predicted octanol–water partition coefficient (Wildman–Crippen LogP) is 5.20. The minimum atomic E-state index is -4.33. The Morgan fingerprint density at radius 3 is 1.98 bits per heavy atom. The molecule has 4 aromatic rings. The highest BCUT2D eigenvalue weighted by Crippen LogP contribution is 2.27. The summed E-state index contributed by atoms with van der Waals surface area (Å²) in [4.78, 5) is 29.1. The molecule has 1 atom stereocenters. The molecule has 0 aliphatic carbocycles. The van der Waals surface area contributed by atoms with E-state index in [4.69, 9.17) is 4.74 Å². The van der Waals surface area contributed by atoms with Gasteiger partial charge in [0.15, 0.2) is 0 Å². The molecule has 0 spiro atoms. The summed E-state index contributed by atoms with van der Waals surface area (Å²) in [6, 6.07) is 28.4. The van der Waals surface area contributed by atoms with Gasteiger partial charge in [-0.15, -0.1) is 0 Å². The largest absolute Gasteiger partial charge is 0.494 e. The standard InChI is InChI=1S/C34H36FN3O5S/c1-3-36-34(40)32(23-26-11-7-5-8-12-26)37(24-27-13-9-6-10-14-27)33(39)25-38(29-17-19-30(20-18-29)43-4-2)44(41,42)31-21-15-28(35)16-22-31/h5-22,32H,3-4,23-25H2,1-2H3,(H,36,40)/t32-/m0/s1. The molecule has 0 radical (unpaired) electrons. The van der Waals surface area contributed by atoms with Crippen molar-refractivity contribution in [3.63, 3.8) is 0 Å². The fourth-order valence-electron chi connectivity index (χ4n) is 4.76. The number of carbonyl (C=O) groups excluding carboxylic acids is 2. The first-order chi connectivity index (χ1) is 21.2. The zero-order valence-electron chi connectivity index (χ0n) is 24.7. The zero-order valence-corrected chi connectivity index (χ0v) is 25.5. The number of carbonyl (C=O) groups is 2. The molecule has 10 heteroatoms. The van der Waals surface area contributed by atoms with Crippen LogP contribution < -0.4 is 14.4 Å². The molecule has 2 amide bonds. The number of nitrogens with one attached hydrogen (secondary N) is 1. The smallest absolute Gasteiger partial charge is 0.264 e. The van der Waals surface area contributed by atoms with Crippen LogP contribution in [0.15, 0.2) is 114 Å². The third-order valence-corrected chi connectivity index (χ3v) is 8.72. The van der Waals surface area contributed by atoms with Gasteiger partial charge < -0.3 is 15.0 Å². The van der Waals surface area contributed by atoms with Gasteiger partial charge in [0.2, 0.25) is 11.8 Å². The van der Waals surface area contributed by atoms with Crippen LogP contribution in [0.5, 0.6) is 5.75 Å². The molecular formula is C34H36FN3O5S. The van der Waals surface area contributed by atoms with Gasteiger partial charge in [-0.2, -0.15) is 0 Å². The van der Waals surface area contributed by atoms with Gasteiger partial charge in [-0.3, -0.25) is 13.9 Å². The van der Waals surface area contributed by atoms with Crippen LogP contribution in [-0.2, 0) is 32.6 Å². The zero-order chi connectivity index (χ0) is 31.5. The molecule has 0 saturated heterocycles. The molecule has 4 rings (SSSR count). The van der Waals surface area contributed by atoms with E-state index in [1.165, 1.54) is 4.90 Å². The monoisotopic (exact) mass is 617 g/mol. The highest BCUT2D eigenvalue weighted by Gasteiger charge is 2.34. The molecule has 4 aromatic carbocycles. The average Bonchev–Trinajstić information content (AvgIpc) is 3.03. The summed E-state index contributed by atoms with van der Waals surface area (Å²) < 4.78 is 48.2. The molecule has 0 unspecified atom stereocenters. The number of nitrogens with zero attached hydrogens (tertiary/aromatic N) is 2. The van der Waals surface area contributed by atoms with Crippen molar-refractivity contribution in [1.29, 1.82) is 0 Å². The minimum Gasteiger partial charge on any atom is -0.494 e. The Hall–Kier alpha value is -4.70. The van der Waals surface area contributed by atoms with Crippen molar-refractivity contribution < 1.29 is 27.1 Å². The summed E-state index contributed by atoms with van der Waals surface area (Å²) in [6.07, 6.45) is 0.221. The van der Waals surface area contributed by atoms with Crippen molar-refractivity contribution in [2.24, 2.45) is 0 Å². The molecule has 0 heterocycles. The average molecular weight is 618 g/mol. The number of amides is 2. The van der Waals surface area contributed by atoms with Crippen molar-refractivity contribution in [1.82, 2.24) is 10.2 Å². The SMILES string of the molecule is CCNC(=O)[C@H](Cc1ccccc1)N(Cc1ccccc1)C(=O)CN(c1ccc(OCC)cc1)S(=O)(=O)c1ccc(F)cc1. The van der Waals surface area contributed by atoms with Crippen molar-refractivity contribution >= 4 is 27.5 Å². The van der Waals surface area contributed by atoms with Gasteiger partial charge in [-0.05, 0) is 73.5 Å². The number of likely N-dealkylation sites (N-methyl/N-ethyl adjacent to an activating group) is 1. The summed E-state index contributed by atoms with van der Waals surface area (Å²) in [5.41, 5.74) is 1.83. The third kappa shape index (κ3) is 8.23. The third-order valence-electron chi connectivity index (χ3n) is 6.93. The van der Waals surface area contributed by atoms with E-state index in [0.717, 1.165) is 39.7 Å². The second-order valence-corrected chi connectivity index (χ2v) is 11.9. The van der Waals surface area contributed by atoms with E-state index >= 15 is 0 Å². The number of halogens is 1. The summed E-state index contributed by atoms with van der Waals surface area (Å²) in [6.45, 7) is 3.87. The maximum absolute atomic E-state index is 14.3. The van der Waals surface area contributed by atoms with Crippen molar-refractivity contribution in [3.05, 3.63) is 126 Å². The number of benzene rings is 4. The Kier molecular flexibility index (Phi) is 11.1. The van der Waals surface area contributed by atoms with Gasteiger partial charge in [0.05, 0.1) is 17.2 Å². The number of hydrogen-bond acceptors (Lipinski definition) is 5. The molecule has 0 aliphatic heterocycles. The number of hydrogen-bond donors (Lipinski definition) is 1. The van der Waals surface area contributed by atoms with E-state index in [-0.39, 0.29) is 29.5 Å². The first-order valence-corrected chi connectivity index (χ1v) is 15.8. The van der Waals surface area contributed by atoms with Crippen LogP contribution in [0.2, 0.25) is 0 Å². The predicted molar refractivity (Wildman–Crippen MR) is 168 cm³/mol. The lowest BCUT2D eigenvalue weighted by molar-refractivity contribution is -0.140. The van der Waals surface area contributed by atoms with E-state index in [2.05, 4.69) is 5.32 Å². The molecule has 0 bridgehead atoms.